The number of nitrogens with zero attached hydrogens (tertiary/aromatic N) is 3. The Labute approximate surface area is 99.2 Å². The van der Waals surface area contributed by atoms with Crippen molar-refractivity contribution in [1.29, 1.82) is 0 Å². The Morgan fingerprint density at radius 1 is 1.31 bits per heavy atom. The highest BCUT2D eigenvalue weighted by atomic mass is 35.5. The summed E-state index contributed by atoms with van der Waals surface area (Å²) in [4.78, 5) is 0. The van der Waals surface area contributed by atoms with Gasteiger partial charge in [0.05, 0.1) is 6.54 Å². The van der Waals surface area contributed by atoms with E-state index >= 15 is 0 Å². The molecule has 1 N–H and O–H groups in total. The highest BCUT2D eigenvalue weighted by Crippen LogP contribution is 2.11. The lowest BCUT2D eigenvalue weighted by molar-refractivity contribution is 0.713. The Kier molecular flexibility index (Phi) is 3.41. The van der Waals surface area contributed by atoms with Crippen LogP contribution < -0.4 is 5.32 Å². The van der Waals surface area contributed by atoms with Crippen LogP contribution in [-0.2, 0) is 19.5 Å². The number of anilines is 1. The van der Waals surface area contributed by atoms with Crippen LogP contribution >= 0.6 is 11.6 Å². The van der Waals surface area contributed by atoms with Crippen LogP contribution in [0.25, 0.3) is 0 Å². The highest BCUT2D eigenvalue weighted by Gasteiger charge is 1.98. The van der Waals surface area contributed by atoms with Gasteiger partial charge in [-0.15, -0.1) is 16.7 Å². The zero-order chi connectivity index (χ0) is 11.4. The second-order valence-corrected chi connectivity index (χ2v) is 3.83. The molecule has 0 aliphatic rings. The Bertz CT molecular complexity index is 449. The van der Waals surface area contributed by atoms with Crippen LogP contribution in [0.4, 0.5) is 5.69 Å². The maximum Gasteiger partial charge on any atom is 0.102 e. The molecule has 0 aliphatic heterocycles. The first-order valence-electron chi connectivity index (χ1n) is 5.02. The molecule has 1 aromatic carbocycles. The zero-order valence-corrected chi connectivity index (χ0v) is 9.78. The minimum atomic E-state index is 0.546. The van der Waals surface area contributed by atoms with Crippen LogP contribution in [0.5, 0.6) is 0 Å². The van der Waals surface area contributed by atoms with Crippen molar-refractivity contribution < 1.29 is 0 Å². The number of halogens is 1. The largest absolute Gasteiger partial charge is 0.379 e. The normalized spacial score (nSPS) is 10.4. The third-order valence-electron chi connectivity index (χ3n) is 2.23. The average molecular weight is 237 g/mol. The molecule has 0 spiro atoms. The van der Waals surface area contributed by atoms with E-state index in [-0.39, 0.29) is 0 Å². The molecule has 0 saturated heterocycles. The van der Waals surface area contributed by atoms with E-state index in [1.54, 1.807) is 4.68 Å². The summed E-state index contributed by atoms with van der Waals surface area (Å²) in [6, 6.07) is 8.03. The Hall–Kier alpha value is -1.55. The number of hydrogen-bond acceptors (Lipinski definition) is 3. The summed E-state index contributed by atoms with van der Waals surface area (Å²) in [7, 11) is 1.85. The Morgan fingerprint density at radius 2 is 2.06 bits per heavy atom. The monoisotopic (exact) mass is 236 g/mol. The van der Waals surface area contributed by atoms with Crippen molar-refractivity contribution in [3.63, 3.8) is 0 Å². The minimum absolute atomic E-state index is 0.546. The molecule has 0 fully saturated rings. The van der Waals surface area contributed by atoms with E-state index in [2.05, 4.69) is 15.6 Å². The summed E-state index contributed by atoms with van der Waals surface area (Å²) in [6.45, 7) is 0.675. The SMILES string of the molecule is Cn1cc(CNc2ccc(CCl)cc2)nn1. The average Bonchev–Trinajstić information content (AvgIpc) is 2.73. The fourth-order valence-electron chi connectivity index (χ4n) is 1.38. The maximum atomic E-state index is 5.71. The van der Waals surface area contributed by atoms with Gasteiger partial charge in [-0.3, -0.25) is 4.68 Å². The molecule has 0 unspecified atom stereocenters. The van der Waals surface area contributed by atoms with E-state index in [1.165, 1.54) is 0 Å². The summed E-state index contributed by atoms with van der Waals surface area (Å²) >= 11 is 5.71. The molecule has 2 rings (SSSR count). The predicted octanol–water partition coefficient (Wildman–Crippen LogP) is 2.17. The molecule has 0 radical (unpaired) electrons. The van der Waals surface area contributed by atoms with Crippen LogP contribution in [-0.4, -0.2) is 15.0 Å². The van der Waals surface area contributed by atoms with Gasteiger partial charge in [-0.1, -0.05) is 17.3 Å². The molecule has 0 bridgehead atoms. The molecule has 1 heterocycles. The fourth-order valence-corrected chi connectivity index (χ4v) is 1.56. The van der Waals surface area contributed by atoms with Gasteiger partial charge in [0.15, 0.2) is 0 Å². The van der Waals surface area contributed by atoms with Crippen LogP contribution in [0.1, 0.15) is 11.3 Å². The van der Waals surface area contributed by atoms with Crippen molar-refractivity contribution >= 4 is 17.3 Å². The second-order valence-electron chi connectivity index (χ2n) is 3.57. The van der Waals surface area contributed by atoms with Gasteiger partial charge in [0.1, 0.15) is 5.69 Å². The first kappa shape index (κ1) is 11.0. The minimum Gasteiger partial charge on any atom is -0.379 e. The molecule has 1 aromatic heterocycles. The summed E-state index contributed by atoms with van der Waals surface area (Å²) in [6.07, 6.45) is 1.89. The van der Waals surface area contributed by atoms with Gasteiger partial charge in [0.2, 0.25) is 0 Å². The quantitative estimate of drug-likeness (QED) is 0.828. The van der Waals surface area contributed by atoms with Gasteiger partial charge in [-0.2, -0.15) is 0 Å². The molecule has 4 nitrogen and oxygen atoms in total. The number of aromatic nitrogens is 3. The van der Waals surface area contributed by atoms with Gasteiger partial charge in [0.25, 0.3) is 0 Å². The summed E-state index contributed by atoms with van der Waals surface area (Å²) in [5.41, 5.74) is 3.09. The third-order valence-corrected chi connectivity index (χ3v) is 2.54. The number of rotatable bonds is 4. The lowest BCUT2D eigenvalue weighted by Crippen LogP contribution is -1.99. The number of nitrogens with one attached hydrogen (secondary N) is 1. The topological polar surface area (TPSA) is 42.7 Å². The molecule has 5 heteroatoms. The molecule has 0 saturated carbocycles. The van der Waals surface area contributed by atoms with Gasteiger partial charge >= 0.3 is 0 Å². The van der Waals surface area contributed by atoms with Crippen molar-refractivity contribution in [2.24, 2.45) is 7.05 Å². The standard InChI is InChI=1S/C11H13ClN4/c1-16-8-11(14-15-16)7-13-10-4-2-9(6-12)3-5-10/h2-5,8,13H,6-7H2,1H3. The number of benzene rings is 1. The van der Waals surface area contributed by atoms with E-state index in [0.29, 0.717) is 12.4 Å². The van der Waals surface area contributed by atoms with Gasteiger partial charge < -0.3 is 5.32 Å². The summed E-state index contributed by atoms with van der Waals surface area (Å²) in [5.74, 6) is 0.546. The number of hydrogen-bond donors (Lipinski definition) is 1. The van der Waals surface area contributed by atoms with Crippen molar-refractivity contribution in [1.82, 2.24) is 15.0 Å². The molecule has 0 atom stereocenters. The van der Waals surface area contributed by atoms with Crippen LogP contribution in [0, 0.1) is 0 Å². The summed E-state index contributed by atoms with van der Waals surface area (Å²) < 4.78 is 1.69. The summed E-state index contributed by atoms with van der Waals surface area (Å²) in [5, 5.41) is 11.1. The molecule has 2 aromatic rings. The van der Waals surface area contributed by atoms with Crippen molar-refractivity contribution in [3.05, 3.63) is 41.7 Å². The van der Waals surface area contributed by atoms with Gasteiger partial charge in [-0.05, 0) is 17.7 Å². The predicted molar refractivity (Wildman–Crippen MR) is 64.3 cm³/mol. The molecular weight excluding hydrogens is 224 g/mol. The van der Waals surface area contributed by atoms with E-state index in [1.807, 2.05) is 37.5 Å². The van der Waals surface area contributed by atoms with Crippen molar-refractivity contribution in [2.45, 2.75) is 12.4 Å². The lowest BCUT2D eigenvalue weighted by Gasteiger charge is -2.04. The smallest absolute Gasteiger partial charge is 0.102 e. The lowest BCUT2D eigenvalue weighted by atomic mass is 10.2. The first-order valence-corrected chi connectivity index (χ1v) is 5.55. The molecular formula is C11H13ClN4. The number of aryl methyl sites for hydroxylation is 1. The fraction of sp³-hybridized carbons (Fsp3) is 0.273. The van der Waals surface area contributed by atoms with E-state index in [4.69, 9.17) is 11.6 Å². The highest BCUT2D eigenvalue weighted by molar-refractivity contribution is 6.17. The second kappa shape index (κ2) is 4.99. The van der Waals surface area contributed by atoms with E-state index < -0.39 is 0 Å². The van der Waals surface area contributed by atoms with Gasteiger partial charge in [-0.25, -0.2) is 0 Å². The Balaban J connectivity index is 1.94. The van der Waals surface area contributed by atoms with E-state index in [0.717, 1.165) is 16.9 Å². The van der Waals surface area contributed by atoms with Crippen molar-refractivity contribution in [3.8, 4) is 0 Å². The maximum absolute atomic E-state index is 5.71. The molecule has 0 aliphatic carbocycles. The molecule has 16 heavy (non-hydrogen) atoms. The van der Waals surface area contributed by atoms with Crippen LogP contribution in [0.3, 0.4) is 0 Å². The third kappa shape index (κ3) is 2.73. The zero-order valence-electron chi connectivity index (χ0n) is 9.02. The first-order chi connectivity index (χ1) is 7.78. The van der Waals surface area contributed by atoms with Crippen molar-refractivity contribution in [2.75, 3.05) is 5.32 Å². The molecule has 0 amide bonds. The number of alkyl halides is 1. The molecule has 84 valence electrons. The van der Waals surface area contributed by atoms with Crippen LogP contribution in [0.15, 0.2) is 30.5 Å². The van der Waals surface area contributed by atoms with E-state index in [9.17, 15) is 0 Å². The Morgan fingerprint density at radius 3 is 2.62 bits per heavy atom. The van der Waals surface area contributed by atoms with Crippen LogP contribution in [0.2, 0.25) is 0 Å². The van der Waals surface area contributed by atoms with Gasteiger partial charge in [0, 0.05) is 24.8 Å².